The molecule has 4 nitrogen and oxygen atoms in total. The standard InChI is InChI=1S/C17H28N2O2/c1-11(2)10-14-15(17(14,4)5)16(21)18-13-6-8-19(9-7-13)12(3)20/h10,13-15H,6-9H2,1-5H3,(H,18,21)/t14-,15-/m0/s1. The summed E-state index contributed by atoms with van der Waals surface area (Å²) in [5, 5.41) is 3.19. The van der Waals surface area contributed by atoms with Gasteiger partial charge in [0.1, 0.15) is 0 Å². The Labute approximate surface area is 128 Å². The van der Waals surface area contributed by atoms with Crippen molar-refractivity contribution in [2.75, 3.05) is 13.1 Å². The van der Waals surface area contributed by atoms with Crippen LogP contribution in [0.4, 0.5) is 0 Å². The van der Waals surface area contributed by atoms with E-state index in [1.54, 1.807) is 6.92 Å². The number of amides is 2. The van der Waals surface area contributed by atoms with E-state index >= 15 is 0 Å². The van der Waals surface area contributed by atoms with Gasteiger partial charge in [-0.25, -0.2) is 0 Å². The number of hydrogen-bond acceptors (Lipinski definition) is 2. The molecule has 0 aromatic heterocycles. The van der Waals surface area contributed by atoms with Crippen molar-refractivity contribution in [2.45, 2.75) is 53.5 Å². The fraction of sp³-hybridized carbons (Fsp3) is 0.765. The lowest BCUT2D eigenvalue weighted by Gasteiger charge is -2.31. The highest BCUT2D eigenvalue weighted by Crippen LogP contribution is 2.59. The molecule has 118 valence electrons. The molecule has 1 saturated carbocycles. The zero-order valence-electron chi connectivity index (χ0n) is 13.9. The summed E-state index contributed by atoms with van der Waals surface area (Å²) >= 11 is 0. The molecular weight excluding hydrogens is 264 g/mol. The molecule has 1 aliphatic heterocycles. The lowest BCUT2D eigenvalue weighted by Crippen LogP contribution is -2.46. The minimum Gasteiger partial charge on any atom is -0.353 e. The summed E-state index contributed by atoms with van der Waals surface area (Å²) in [5.74, 6) is 0.772. The molecule has 1 saturated heterocycles. The Hall–Kier alpha value is -1.32. The van der Waals surface area contributed by atoms with Crippen molar-refractivity contribution in [2.24, 2.45) is 17.3 Å². The summed E-state index contributed by atoms with van der Waals surface area (Å²) in [6.07, 6.45) is 3.96. The third-order valence-electron chi connectivity index (χ3n) is 4.99. The Morgan fingerprint density at radius 2 is 1.71 bits per heavy atom. The van der Waals surface area contributed by atoms with Crippen LogP contribution in [0.25, 0.3) is 0 Å². The van der Waals surface area contributed by atoms with Crippen LogP contribution >= 0.6 is 0 Å². The number of piperidine rings is 1. The SMILES string of the molecule is CC(=O)N1CCC(NC(=O)[C@@H]2[C@H](C=C(C)C)C2(C)C)CC1. The van der Waals surface area contributed by atoms with Crippen molar-refractivity contribution in [1.29, 1.82) is 0 Å². The maximum absolute atomic E-state index is 12.5. The average molecular weight is 292 g/mol. The van der Waals surface area contributed by atoms with Gasteiger partial charge in [0.2, 0.25) is 11.8 Å². The monoisotopic (exact) mass is 292 g/mol. The Kier molecular flexibility index (Phi) is 4.45. The molecule has 1 N–H and O–H groups in total. The van der Waals surface area contributed by atoms with E-state index in [-0.39, 0.29) is 29.2 Å². The first-order valence-corrected chi connectivity index (χ1v) is 7.94. The minimum absolute atomic E-state index is 0.0709. The molecule has 2 atom stereocenters. The third-order valence-corrected chi connectivity index (χ3v) is 4.99. The van der Waals surface area contributed by atoms with Crippen LogP contribution in [0.15, 0.2) is 11.6 Å². The highest BCUT2D eigenvalue weighted by atomic mass is 16.2. The Balaban J connectivity index is 1.86. The van der Waals surface area contributed by atoms with Crippen LogP contribution in [0.3, 0.4) is 0 Å². The Morgan fingerprint density at radius 3 is 2.19 bits per heavy atom. The summed E-state index contributed by atoms with van der Waals surface area (Å²) < 4.78 is 0. The molecule has 0 aromatic rings. The van der Waals surface area contributed by atoms with E-state index in [0.717, 1.165) is 25.9 Å². The lowest BCUT2D eigenvalue weighted by molar-refractivity contribution is -0.130. The van der Waals surface area contributed by atoms with Gasteiger partial charge in [0.15, 0.2) is 0 Å². The topological polar surface area (TPSA) is 49.4 Å². The van der Waals surface area contributed by atoms with Gasteiger partial charge in [0.05, 0.1) is 5.92 Å². The molecule has 2 amide bonds. The predicted molar refractivity (Wildman–Crippen MR) is 83.6 cm³/mol. The Bertz CT molecular complexity index is 455. The molecule has 2 fully saturated rings. The zero-order valence-corrected chi connectivity index (χ0v) is 13.9. The molecule has 2 aliphatic rings. The largest absolute Gasteiger partial charge is 0.353 e. The number of allylic oxidation sites excluding steroid dienone is 2. The van der Waals surface area contributed by atoms with Gasteiger partial charge in [-0.3, -0.25) is 9.59 Å². The van der Waals surface area contributed by atoms with Crippen molar-refractivity contribution in [3.05, 3.63) is 11.6 Å². The quantitative estimate of drug-likeness (QED) is 0.812. The fourth-order valence-electron chi connectivity index (χ4n) is 3.48. The second-order valence-corrected chi connectivity index (χ2v) is 7.36. The van der Waals surface area contributed by atoms with Crippen LogP contribution < -0.4 is 5.32 Å². The van der Waals surface area contributed by atoms with Crippen LogP contribution in [0.5, 0.6) is 0 Å². The molecule has 0 spiro atoms. The first-order valence-electron chi connectivity index (χ1n) is 7.94. The molecule has 4 heteroatoms. The molecular formula is C17H28N2O2. The summed E-state index contributed by atoms with van der Waals surface area (Å²) in [4.78, 5) is 25.6. The molecule has 0 unspecified atom stereocenters. The van der Waals surface area contributed by atoms with Crippen LogP contribution in [-0.4, -0.2) is 35.8 Å². The van der Waals surface area contributed by atoms with E-state index in [1.807, 2.05) is 4.90 Å². The van der Waals surface area contributed by atoms with E-state index in [9.17, 15) is 9.59 Å². The smallest absolute Gasteiger partial charge is 0.224 e. The number of carbonyl (C=O) groups excluding carboxylic acids is 2. The number of carbonyl (C=O) groups is 2. The highest BCUT2D eigenvalue weighted by molar-refractivity contribution is 5.84. The molecule has 21 heavy (non-hydrogen) atoms. The van der Waals surface area contributed by atoms with E-state index in [1.165, 1.54) is 5.57 Å². The number of hydrogen-bond donors (Lipinski definition) is 1. The predicted octanol–water partition coefficient (Wildman–Crippen LogP) is 2.35. The second kappa shape index (κ2) is 5.82. The number of rotatable bonds is 3. The normalized spacial score (nSPS) is 28.0. The fourth-order valence-corrected chi connectivity index (χ4v) is 3.48. The van der Waals surface area contributed by atoms with Gasteiger partial charge in [-0.2, -0.15) is 0 Å². The summed E-state index contributed by atoms with van der Waals surface area (Å²) in [6.45, 7) is 11.6. The van der Waals surface area contributed by atoms with E-state index in [4.69, 9.17) is 0 Å². The van der Waals surface area contributed by atoms with Gasteiger partial charge in [-0.1, -0.05) is 25.5 Å². The lowest BCUT2D eigenvalue weighted by atomic mass is 10.0. The van der Waals surface area contributed by atoms with Crippen molar-refractivity contribution in [1.82, 2.24) is 10.2 Å². The maximum atomic E-state index is 12.5. The average Bonchev–Trinajstić information content (AvgIpc) is 2.90. The van der Waals surface area contributed by atoms with Gasteiger partial charge in [-0.15, -0.1) is 0 Å². The molecule has 1 aliphatic carbocycles. The van der Waals surface area contributed by atoms with E-state index in [0.29, 0.717) is 5.92 Å². The third kappa shape index (κ3) is 3.47. The number of nitrogens with zero attached hydrogens (tertiary/aromatic N) is 1. The molecule has 2 rings (SSSR count). The zero-order chi connectivity index (χ0) is 15.8. The van der Waals surface area contributed by atoms with Gasteiger partial charge in [0, 0.05) is 26.1 Å². The van der Waals surface area contributed by atoms with Gasteiger partial charge in [-0.05, 0) is 38.0 Å². The maximum Gasteiger partial charge on any atom is 0.224 e. The molecule has 1 heterocycles. The first kappa shape index (κ1) is 16.1. The van der Waals surface area contributed by atoms with Crippen LogP contribution in [0.2, 0.25) is 0 Å². The van der Waals surface area contributed by atoms with Crippen molar-refractivity contribution in [3.63, 3.8) is 0 Å². The van der Waals surface area contributed by atoms with E-state index < -0.39 is 0 Å². The summed E-state index contributed by atoms with van der Waals surface area (Å²) in [6, 6.07) is 0.219. The second-order valence-electron chi connectivity index (χ2n) is 7.36. The van der Waals surface area contributed by atoms with Crippen molar-refractivity contribution >= 4 is 11.8 Å². The van der Waals surface area contributed by atoms with Crippen LogP contribution in [-0.2, 0) is 9.59 Å². The van der Waals surface area contributed by atoms with Gasteiger partial charge >= 0.3 is 0 Å². The highest BCUT2D eigenvalue weighted by Gasteiger charge is 2.60. The number of nitrogens with one attached hydrogen (secondary N) is 1. The summed E-state index contributed by atoms with van der Waals surface area (Å²) in [7, 11) is 0. The minimum atomic E-state index is 0.0709. The van der Waals surface area contributed by atoms with Crippen LogP contribution in [0, 0.1) is 17.3 Å². The summed E-state index contributed by atoms with van der Waals surface area (Å²) in [5.41, 5.74) is 1.35. The van der Waals surface area contributed by atoms with Crippen molar-refractivity contribution in [3.8, 4) is 0 Å². The van der Waals surface area contributed by atoms with E-state index in [2.05, 4.69) is 39.1 Å². The van der Waals surface area contributed by atoms with Crippen LogP contribution in [0.1, 0.15) is 47.5 Å². The number of likely N-dealkylation sites (tertiary alicyclic amines) is 1. The first-order chi connectivity index (χ1) is 9.73. The Morgan fingerprint density at radius 1 is 1.14 bits per heavy atom. The van der Waals surface area contributed by atoms with Gasteiger partial charge < -0.3 is 10.2 Å². The molecule has 0 radical (unpaired) electrons. The molecule has 0 aromatic carbocycles. The van der Waals surface area contributed by atoms with Crippen molar-refractivity contribution < 1.29 is 9.59 Å². The van der Waals surface area contributed by atoms with Gasteiger partial charge in [0.25, 0.3) is 0 Å². The molecule has 0 bridgehead atoms.